The molecule has 13 heavy (non-hydrogen) atoms. The molecular formula is C10H18FNO. The molecule has 0 N–H and O–H groups in total. The summed E-state index contributed by atoms with van der Waals surface area (Å²) in [5, 5.41) is 0. The Bertz CT molecular complexity index is 191. The molecule has 0 aromatic carbocycles. The highest BCUT2D eigenvalue weighted by Crippen LogP contribution is 2.35. The van der Waals surface area contributed by atoms with Crippen LogP contribution in [0.15, 0.2) is 0 Å². The van der Waals surface area contributed by atoms with Gasteiger partial charge in [-0.3, -0.25) is 4.79 Å². The number of carbonyl (C=O) groups is 1. The van der Waals surface area contributed by atoms with Gasteiger partial charge in [-0.1, -0.05) is 0 Å². The van der Waals surface area contributed by atoms with Crippen LogP contribution in [0.1, 0.15) is 32.6 Å². The lowest BCUT2D eigenvalue weighted by Gasteiger charge is -2.31. The SMILES string of the molecule is CN(C)C(=O)C1CCC(C)(F)CC1. The summed E-state index contributed by atoms with van der Waals surface area (Å²) in [6, 6.07) is 0. The molecule has 1 aliphatic carbocycles. The van der Waals surface area contributed by atoms with Gasteiger partial charge in [0.2, 0.25) is 5.91 Å². The summed E-state index contributed by atoms with van der Waals surface area (Å²) in [6.45, 7) is 1.63. The Morgan fingerprint density at radius 3 is 2.23 bits per heavy atom. The van der Waals surface area contributed by atoms with E-state index < -0.39 is 5.67 Å². The monoisotopic (exact) mass is 187 g/mol. The molecule has 2 nitrogen and oxygen atoms in total. The van der Waals surface area contributed by atoms with Gasteiger partial charge in [0.1, 0.15) is 5.67 Å². The Kier molecular flexibility index (Phi) is 2.94. The van der Waals surface area contributed by atoms with Gasteiger partial charge in [0.25, 0.3) is 0 Å². The maximum atomic E-state index is 13.4. The van der Waals surface area contributed by atoms with Crippen molar-refractivity contribution >= 4 is 5.91 Å². The Labute approximate surface area is 79.1 Å². The Morgan fingerprint density at radius 2 is 1.85 bits per heavy atom. The average Bonchev–Trinajstić information content (AvgIpc) is 2.03. The topological polar surface area (TPSA) is 20.3 Å². The number of hydrogen-bond donors (Lipinski definition) is 0. The fraction of sp³-hybridized carbons (Fsp3) is 0.900. The van der Waals surface area contributed by atoms with Gasteiger partial charge in [-0.25, -0.2) is 4.39 Å². The van der Waals surface area contributed by atoms with Gasteiger partial charge >= 0.3 is 0 Å². The Hall–Kier alpha value is -0.600. The van der Waals surface area contributed by atoms with E-state index in [4.69, 9.17) is 0 Å². The summed E-state index contributed by atoms with van der Waals surface area (Å²) in [7, 11) is 3.51. The van der Waals surface area contributed by atoms with Crippen LogP contribution in [0.2, 0.25) is 0 Å². The highest BCUT2D eigenvalue weighted by molar-refractivity contribution is 5.78. The standard InChI is InChI=1S/C10H18FNO/c1-10(11)6-4-8(5-7-10)9(13)12(2)3/h8H,4-7H2,1-3H3. The van der Waals surface area contributed by atoms with E-state index in [0.717, 1.165) is 0 Å². The Morgan fingerprint density at radius 1 is 1.38 bits per heavy atom. The zero-order valence-corrected chi connectivity index (χ0v) is 8.64. The summed E-state index contributed by atoms with van der Waals surface area (Å²) in [5.74, 6) is 0.203. The molecule has 0 spiro atoms. The van der Waals surface area contributed by atoms with E-state index in [1.54, 1.807) is 25.9 Å². The van der Waals surface area contributed by atoms with Crippen LogP contribution in [-0.2, 0) is 4.79 Å². The fourth-order valence-corrected chi connectivity index (χ4v) is 1.83. The van der Waals surface area contributed by atoms with Crippen LogP contribution >= 0.6 is 0 Å². The second-order valence-electron chi connectivity index (χ2n) is 4.42. The van der Waals surface area contributed by atoms with Gasteiger partial charge in [-0.2, -0.15) is 0 Å². The number of carbonyl (C=O) groups excluding carboxylic acids is 1. The first-order chi connectivity index (χ1) is 5.92. The first kappa shape index (κ1) is 10.5. The fourth-order valence-electron chi connectivity index (χ4n) is 1.83. The zero-order chi connectivity index (χ0) is 10.1. The number of nitrogens with zero attached hydrogens (tertiary/aromatic N) is 1. The van der Waals surface area contributed by atoms with Crippen molar-refractivity contribution in [2.45, 2.75) is 38.3 Å². The van der Waals surface area contributed by atoms with Crippen LogP contribution in [0.25, 0.3) is 0 Å². The van der Waals surface area contributed by atoms with Crippen LogP contribution in [0.4, 0.5) is 4.39 Å². The summed E-state index contributed by atoms with van der Waals surface area (Å²) in [4.78, 5) is 13.1. The van der Waals surface area contributed by atoms with E-state index in [0.29, 0.717) is 25.7 Å². The van der Waals surface area contributed by atoms with E-state index in [-0.39, 0.29) is 11.8 Å². The molecule has 1 aliphatic rings. The molecule has 3 heteroatoms. The van der Waals surface area contributed by atoms with Crippen LogP contribution in [0.5, 0.6) is 0 Å². The van der Waals surface area contributed by atoms with Crippen molar-refractivity contribution in [2.75, 3.05) is 14.1 Å². The van der Waals surface area contributed by atoms with Crippen molar-refractivity contribution < 1.29 is 9.18 Å². The molecule has 76 valence electrons. The number of rotatable bonds is 1. The molecule has 0 bridgehead atoms. The van der Waals surface area contributed by atoms with Gasteiger partial charge in [0.05, 0.1) is 0 Å². The molecule has 0 heterocycles. The van der Waals surface area contributed by atoms with Crippen molar-refractivity contribution in [3.63, 3.8) is 0 Å². The van der Waals surface area contributed by atoms with E-state index in [1.165, 1.54) is 0 Å². The quantitative estimate of drug-likeness (QED) is 0.614. The lowest BCUT2D eigenvalue weighted by Crippen LogP contribution is -2.35. The lowest BCUT2D eigenvalue weighted by molar-refractivity contribution is -0.134. The molecule has 1 amide bonds. The predicted molar refractivity (Wildman–Crippen MR) is 50.2 cm³/mol. The highest BCUT2D eigenvalue weighted by atomic mass is 19.1. The van der Waals surface area contributed by atoms with Crippen molar-refractivity contribution in [1.29, 1.82) is 0 Å². The molecular weight excluding hydrogens is 169 g/mol. The second kappa shape index (κ2) is 3.64. The molecule has 0 unspecified atom stereocenters. The van der Waals surface area contributed by atoms with Gasteiger partial charge in [0, 0.05) is 20.0 Å². The van der Waals surface area contributed by atoms with Crippen molar-refractivity contribution in [1.82, 2.24) is 4.90 Å². The minimum atomic E-state index is -1.04. The van der Waals surface area contributed by atoms with E-state index in [1.807, 2.05) is 0 Å². The number of halogens is 1. The molecule has 0 saturated heterocycles. The molecule has 0 atom stereocenters. The lowest BCUT2D eigenvalue weighted by atomic mass is 9.80. The first-order valence-corrected chi connectivity index (χ1v) is 4.82. The Balaban J connectivity index is 2.46. The smallest absolute Gasteiger partial charge is 0.225 e. The summed E-state index contributed by atoms with van der Waals surface area (Å²) >= 11 is 0. The third-order valence-corrected chi connectivity index (χ3v) is 2.82. The van der Waals surface area contributed by atoms with Crippen LogP contribution in [-0.4, -0.2) is 30.6 Å². The highest BCUT2D eigenvalue weighted by Gasteiger charge is 2.34. The summed E-state index contributed by atoms with van der Waals surface area (Å²) in [5.41, 5.74) is -1.04. The first-order valence-electron chi connectivity index (χ1n) is 4.82. The molecule has 0 aliphatic heterocycles. The molecule has 1 rings (SSSR count). The van der Waals surface area contributed by atoms with Crippen molar-refractivity contribution in [3.8, 4) is 0 Å². The number of hydrogen-bond acceptors (Lipinski definition) is 1. The minimum Gasteiger partial charge on any atom is -0.349 e. The summed E-state index contributed by atoms with van der Waals surface area (Å²) in [6.07, 6.45) is 2.45. The summed E-state index contributed by atoms with van der Waals surface area (Å²) < 4.78 is 13.4. The average molecular weight is 187 g/mol. The largest absolute Gasteiger partial charge is 0.349 e. The second-order valence-corrected chi connectivity index (χ2v) is 4.42. The van der Waals surface area contributed by atoms with Crippen LogP contribution in [0.3, 0.4) is 0 Å². The van der Waals surface area contributed by atoms with Crippen LogP contribution in [0, 0.1) is 5.92 Å². The normalized spacial score (nSPS) is 34.3. The van der Waals surface area contributed by atoms with Gasteiger partial charge in [-0.05, 0) is 32.6 Å². The maximum Gasteiger partial charge on any atom is 0.225 e. The maximum absolute atomic E-state index is 13.4. The minimum absolute atomic E-state index is 0.0545. The van der Waals surface area contributed by atoms with Gasteiger partial charge < -0.3 is 4.90 Å². The van der Waals surface area contributed by atoms with E-state index in [9.17, 15) is 9.18 Å². The van der Waals surface area contributed by atoms with Crippen LogP contribution < -0.4 is 0 Å². The third kappa shape index (κ3) is 2.68. The zero-order valence-electron chi connectivity index (χ0n) is 8.64. The van der Waals surface area contributed by atoms with E-state index in [2.05, 4.69) is 0 Å². The number of amides is 1. The van der Waals surface area contributed by atoms with E-state index >= 15 is 0 Å². The van der Waals surface area contributed by atoms with Crippen molar-refractivity contribution in [3.05, 3.63) is 0 Å². The van der Waals surface area contributed by atoms with Gasteiger partial charge in [0.15, 0.2) is 0 Å². The number of alkyl halides is 1. The van der Waals surface area contributed by atoms with Crippen molar-refractivity contribution in [2.24, 2.45) is 5.92 Å². The molecule has 1 fully saturated rings. The van der Waals surface area contributed by atoms with Gasteiger partial charge in [-0.15, -0.1) is 0 Å². The molecule has 0 aromatic rings. The molecule has 1 saturated carbocycles. The molecule has 0 aromatic heterocycles. The third-order valence-electron chi connectivity index (χ3n) is 2.82. The molecule has 0 radical (unpaired) electrons. The predicted octanol–water partition coefficient (Wildman–Crippen LogP) is 1.99.